The van der Waals surface area contributed by atoms with Gasteiger partial charge in [-0.15, -0.1) is 0 Å². The van der Waals surface area contributed by atoms with Crippen molar-refractivity contribution < 1.29 is 0 Å². The largest absolute Gasteiger partial charge is 0.310 e. The van der Waals surface area contributed by atoms with E-state index < -0.39 is 0 Å². The Morgan fingerprint density at radius 1 is 0.167 bits per heavy atom. The number of anilines is 6. The molecule has 13 aromatic rings. The lowest BCUT2D eigenvalue weighted by molar-refractivity contribution is 1.30. The van der Waals surface area contributed by atoms with Crippen molar-refractivity contribution in [2.75, 3.05) is 9.80 Å². The molecule has 338 valence electrons. The molecule has 0 fully saturated rings. The van der Waals surface area contributed by atoms with Crippen molar-refractivity contribution in [2.24, 2.45) is 0 Å². The molecule has 72 heavy (non-hydrogen) atoms. The van der Waals surface area contributed by atoms with Crippen LogP contribution in [0.4, 0.5) is 34.1 Å². The minimum absolute atomic E-state index is 1.10. The first-order valence-corrected chi connectivity index (χ1v) is 24.7. The van der Waals surface area contributed by atoms with E-state index in [1.807, 2.05) is 0 Å². The average Bonchev–Trinajstić information content (AvgIpc) is 3.46. The van der Waals surface area contributed by atoms with Crippen LogP contribution in [0.25, 0.3) is 87.6 Å². The smallest absolute Gasteiger partial charge is 0.0540 e. The van der Waals surface area contributed by atoms with E-state index in [4.69, 9.17) is 0 Å². The van der Waals surface area contributed by atoms with Crippen molar-refractivity contribution in [3.8, 4) is 44.5 Å². The third-order valence-electron chi connectivity index (χ3n) is 14.2. The minimum atomic E-state index is 1.10. The number of fused-ring (bicyclic) bond motifs is 5. The lowest BCUT2D eigenvalue weighted by Crippen LogP contribution is -2.10. The first-order valence-electron chi connectivity index (χ1n) is 24.7. The van der Waals surface area contributed by atoms with Gasteiger partial charge in [-0.1, -0.05) is 231 Å². The van der Waals surface area contributed by atoms with Crippen molar-refractivity contribution in [2.45, 2.75) is 0 Å². The second kappa shape index (κ2) is 18.4. The van der Waals surface area contributed by atoms with Crippen molar-refractivity contribution in [1.82, 2.24) is 0 Å². The van der Waals surface area contributed by atoms with Gasteiger partial charge >= 0.3 is 0 Å². The molecule has 0 aliphatic carbocycles. The summed E-state index contributed by atoms with van der Waals surface area (Å²) < 4.78 is 0. The second-order valence-corrected chi connectivity index (χ2v) is 18.5. The van der Waals surface area contributed by atoms with E-state index in [0.717, 1.165) is 34.1 Å². The van der Waals surface area contributed by atoms with Crippen LogP contribution >= 0.6 is 0 Å². The predicted molar refractivity (Wildman–Crippen MR) is 308 cm³/mol. The highest BCUT2D eigenvalue weighted by atomic mass is 15.1. The van der Waals surface area contributed by atoms with Crippen LogP contribution in [-0.4, -0.2) is 0 Å². The Bertz CT molecular complexity index is 3770. The maximum Gasteiger partial charge on any atom is 0.0540 e. The van der Waals surface area contributed by atoms with E-state index in [9.17, 15) is 0 Å². The van der Waals surface area contributed by atoms with Gasteiger partial charge in [-0.05, 0) is 137 Å². The molecule has 2 heteroatoms. The Balaban J connectivity index is 0.864. The van der Waals surface area contributed by atoms with Crippen LogP contribution in [-0.2, 0) is 0 Å². The number of rotatable bonds is 10. The molecule has 13 rings (SSSR count). The summed E-state index contributed by atoms with van der Waals surface area (Å²) in [6.07, 6.45) is 0. The van der Waals surface area contributed by atoms with Gasteiger partial charge < -0.3 is 9.80 Å². The summed E-state index contributed by atoms with van der Waals surface area (Å²) in [4.78, 5) is 4.81. The van der Waals surface area contributed by atoms with Crippen molar-refractivity contribution >= 4 is 77.2 Å². The molecule has 0 N–H and O–H groups in total. The molecule has 0 aliphatic heterocycles. The Morgan fingerprint density at radius 3 is 0.833 bits per heavy atom. The van der Waals surface area contributed by atoms with E-state index in [0.29, 0.717) is 0 Å². The molecule has 0 atom stereocenters. The quantitative estimate of drug-likeness (QED) is 0.126. The number of benzene rings is 13. The van der Waals surface area contributed by atoms with E-state index >= 15 is 0 Å². The fourth-order valence-electron chi connectivity index (χ4n) is 10.6. The molecule has 0 radical (unpaired) electrons. The molecular formula is C70H48N2. The molecule has 0 heterocycles. The third-order valence-corrected chi connectivity index (χ3v) is 14.2. The highest BCUT2D eigenvalue weighted by molar-refractivity contribution is 6.11. The minimum Gasteiger partial charge on any atom is -0.310 e. The van der Waals surface area contributed by atoms with Gasteiger partial charge in [0.2, 0.25) is 0 Å². The Hall–Kier alpha value is -9.50. The van der Waals surface area contributed by atoms with Crippen LogP contribution < -0.4 is 9.80 Å². The monoisotopic (exact) mass is 916 g/mol. The summed E-state index contributed by atoms with van der Waals surface area (Å²) in [6, 6.07) is 106. The van der Waals surface area contributed by atoms with Gasteiger partial charge in [-0.3, -0.25) is 0 Å². The average molecular weight is 917 g/mol. The molecule has 0 aliphatic rings. The zero-order valence-electron chi connectivity index (χ0n) is 39.6. The van der Waals surface area contributed by atoms with Gasteiger partial charge in [0, 0.05) is 33.5 Å². The van der Waals surface area contributed by atoms with E-state index in [-0.39, 0.29) is 0 Å². The molecule has 0 amide bonds. The predicted octanol–water partition coefficient (Wildman–Crippen LogP) is 19.9. The van der Waals surface area contributed by atoms with Crippen LogP contribution in [0.15, 0.2) is 291 Å². The maximum atomic E-state index is 2.41. The first kappa shape index (κ1) is 42.6. The van der Waals surface area contributed by atoms with Crippen LogP contribution in [0.1, 0.15) is 0 Å². The second-order valence-electron chi connectivity index (χ2n) is 18.5. The van der Waals surface area contributed by atoms with Crippen LogP contribution in [0, 0.1) is 0 Å². The highest BCUT2D eigenvalue weighted by Gasteiger charge is 2.19. The first-order chi connectivity index (χ1) is 35.7. The summed E-state index contributed by atoms with van der Waals surface area (Å²) in [5.74, 6) is 0. The van der Waals surface area contributed by atoms with Crippen LogP contribution in [0.3, 0.4) is 0 Å². The molecule has 0 unspecified atom stereocenters. The number of hydrogen-bond donors (Lipinski definition) is 0. The molecule has 2 nitrogen and oxygen atoms in total. The highest BCUT2D eigenvalue weighted by Crippen LogP contribution is 2.44. The standard InChI is InChI=1S/C70H48N2/c1-3-13-49(14-4-1)51-25-29-53(30-26-51)55-35-39-61(40-36-55)71(69-23-11-19-57-17-7-9-21-67(57)69)63-43-45-65-59(47-63)33-34-60-48-64(44-46-66(60)65)72(70-24-12-20-58-18-8-10-22-68(58)70)62-41-37-56(38-42-62)54-31-27-52(28-32-54)50-15-5-2-6-16-50/h1-48H. The van der Waals surface area contributed by atoms with Crippen molar-refractivity contribution in [3.63, 3.8) is 0 Å². The SMILES string of the molecule is c1ccc(-c2ccc(-c3ccc(N(c4ccc5c(ccc6cc(N(c7ccc(-c8ccc(-c9ccccc9)cc8)cc7)c7cccc8ccccc78)ccc65)c4)c4cccc5ccccc45)cc3)cc2)cc1. The van der Waals surface area contributed by atoms with E-state index in [1.165, 1.54) is 87.6 Å². The van der Waals surface area contributed by atoms with Gasteiger partial charge in [-0.2, -0.15) is 0 Å². The molecule has 0 saturated carbocycles. The maximum absolute atomic E-state index is 2.41. The van der Waals surface area contributed by atoms with Gasteiger partial charge in [0.15, 0.2) is 0 Å². The van der Waals surface area contributed by atoms with Crippen molar-refractivity contribution in [3.05, 3.63) is 291 Å². The van der Waals surface area contributed by atoms with Gasteiger partial charge in [-0.25, -0.2) is 0 Å². The van der Waals surface area contributed by atoms with Crippen molar-refractivity contribution in [1.29, 1.82) is 0 Å². The van der Waals surface area contributed by atoms with E-state index in [2.05, 4.69) is 301 Å². The zero-order valence-corrected chi connectivity index (χ0v) is 39.6. The fraction of sp³-hybridized carbons (Fsp3) is 0. The molecule has 0 spiro atoms. The number of hydrogen-bond acceptors (Lipinski definition) is 2. The number of nitrogens with zero attached hydrogens (tertiary/aromatic N) is 2. The summed E-state index contributed by atoms with van der Waals surface area (Å²) in [6.45, 7) is 0. The van der Waals surface area contributed by atoms with Gasteiger partial charge in [0.05, 0.1) is 11.4 Å². The van der Waals surface area contributed by atoms with Crippen LogP contribution in [0.2, 0.25) is 0 Å². The summed E-state index contributed by atoms with van der Waals surface area (Å²) in [5, 5.41) is 9.63. The lowest BCUT2D eigenvalue weighted by atomic mass is 9.98. The Labute approximate surface area is 420 Å². The molecule has 0 saturated heterocycles. The molecule has 0 aromatic heterocycles. The van der Waals surface area contributed by atoms with Gasteiger partial charge in [0.25, 0.3) is 0 Å². The zero-order chi connectivity index (χ0) is 47.8. The topological polar surface area (TPSA) is 6.48 Å². The normalized spacial score (nSPS) is 11.3. The van der Waals surface area contributed by atoms with Gasteiger partial charge in [0.1, 0.15) is 0 Å². The lowest BCUT2D eigenvalue weighted by Gasteiger charge is -2.28. The molecular weight excluding hydrogens is 869 g/mol. The van der Waals surface area contributed by atoms with Crippen LogP contribution in [0.5, 0.6) is 0 Å². The fourth-order valence-corrected chi connectivity index (χ4v) is 10.6. The summed E-state index contributed by atoms with van der Waals surface area (Å²) in [7, 11) is 0. The van der Waals surface area contributed by atoms with E-state index in [1.54, 1.807) is 0 Å². The Kier molecular flexibility index (Phi) is 10.9. The third kappa shape index (κ3) is 8.01. The molecule has 0 bridgehead atoms. The summed E-state index contributed by atoms with van der Waals surface area (Å²) in [5.41, 5.74) is 16.3. The molecule has 13 aromatic carbocycles. The summed E-state index contributed by atoms with van der Waals surface area (Å²) >= 11 is 0. The Morgan fingerprint density at radius 2 is 0.458 bits per heavy atom.